The molecule has 104 valence electrons. The fraction of sp³-hybridized carbons (Fsp3) is 0.250. The number of thiazole rings is 1. The first kappa shape index (κ1) is 14.5. The molecule has 4 heteroatoms. The quantitative estimate of drug-likeness (QED) is 0.661. The van der Waals surface area contributed by atoms with Gasteiger partial charge in [-0.2, -0.15) is 5.10 Å². The first-order valence-corrected chi connectivity index (χ1v) is 7.40. The molecule has 1 aromatic heterocycles. The highest BCUT2D eigenvalue weighted by Crippen LogP contribution is 2.26. The van der Waals surface area contributed by atoms with Crippen LogP contribution in [0.1, 0.15) is 32.0 Å². The standard InChI is InChI=1S/C16H19N3S/c1-16(2,3)14-12-20-15(18-14)19-17-11-7-10-13-8-5-4-6-9-13/h4-12H,1-3H3,(H,18,19)/b10-7+,17-11-. The molecule has 1 aromatic carbocycles. The number of rotatable bonds is 4. The van der Waals surface area contributed by atoms with Crippen molar-refractivity contribution >= 4 is 28.8 Å². The molecular weight excluding hydrogens is 266 g/mol. The van der Waals surface area contributed by atoms with Gasteiger partial charge in [-0.1, -0.05) is 57.2 Å². The van der Waals surface area contributed by atoms with Gasteiger partial charge in [-0.15, -0.1) is 11.3 Å². The van der Waals surface area contributed by atoms with Gasteiger partial charge in [-0.05, 0) is 11.6 Å². The van der Waals surface area contributed by atoms with Crippen molar-refractivity contribution in [3.8, 4) is 0 Å². The Morgan fingerprint density at radius 3 is 2.60 bits per heavy atom. The summed E-state index contributed by atoms with van der Waals surface area (Å²) in [5.74, 6) is 0. The zero-order chi connectivity index (χ0) is 14.4. The van der Waals surface area contributed by atoms with Gasteiger partial charge in [-0.25, -0.2) is 4.98 Å². The lowest BCUT2D eigenvalue weighted by Gasteiger charge is -2.13. The van der Waals surface area contributed by atoms with E-state index in [2.05, 4.69) is 41.7 Å². The summed E-state index contributed by atoms with van der Waals surface area (Å²) in [6, 6.07) is 10.1. The van der Waals surface area contributed by atoms with E-state index in [1.807, 2.05) is 42.5 Å². The third-order valence-corrected chi connectivity index (χ3v) is 3.43. The van der Waals surface area contributed by atoms with Gasteiger partial charge < -0.3 is 0 Å². The summed E-state index contributed by atoms with van der Waals surface area (Å²) in [5.41, 5.74) is 5.26. The van der Waals surface area contributed by atoms with E-state index in [0.717, 1.165) is 16.4 Å². The van der Waals surface area contributed by atoms with Crippen LogP contribution >= 0.6 is 11.3 Å². The van der Waals surface area contributed by atoms with Crippen LogP contribution in [0.4, 0.5) is 5.13 Å². The summed E-state index contributed by atoms with van der Waals surface area (Å²) >= 11 is 1.57. The van der Waals surface area contributed by atoms with Crippen LogP contribution in [0.15, 0.2) is 46.9 Å². The zero-order valence-corrected chi connectivity index (χ0v) is 12.8. The Morgan fingerprint density at radius 1 is 1.20 bits per heavy atom. The van der Waals surface area contributed by atoms with Crippen molar-refractivity contribution in [2.45, 2.75) is 26.2 Å². The average Bonchev–Trinajstić information content (AvgIpc) is 2.88. The molecule has 0 fully saturated rings. The van der Waals surface area contributed by atoms with Crippen LogP contribution in [0.3, 0.4) is 0 Å². The van der Waals surface area contributed by atoms with Gasteiger partial charge in [0, 0.05) is 17.0 Å². The Kier molecular flexibility index (Phi) is 4.69. The predicted molar refractivity (Wildman–Crippen MR) is 88.4 cm³/mol. The summed E-state index contributed by atoms with van der Waals surface area (Å²) in [6.45, 7) is 6.45. The van der Waals surface area contributed by atoms with E-state index in [4.69, 9.17) is 0 Å². The molecule has 0 saturated carbocycles. The van der Waals surface area contributed by atoms with Crippen LogP contribution in [-0.4, -0.2) is 11.2 Å². The van der Waals surface area contributed by atoms with Crippen molar-refractivity contribution in [2.24, 2.45) is 5.10 Å². The highest BCUT2D eigenvalue weighted by Gasteiger charge is 2.16. The lowest BCUT2D eigenvalue weighted by Crippen LogP contribution is -2.11. The molecule has 0 radical (unpaired) electrons. The maximum absolute atomic E-state index is 4.51. The first-order chi connectivity index (χ1) is 9.55. The number of hydrazone groups is 1. The van der Waals surface area contributed by atoms with Gasteiger partial charge in [0.1, 0.15) is 0 Å². The van der Waals surface area contributed by atoms with Gasteiger partial charge in [0.15, 0.2) is 0 Å². The molecule has 0 aliphatic carbocycles. The number of benzene rings is 1. The van der Waals surface area contributed by atoms with Gasteiger partial charge in [0.25, 0.3) is 0 Å². The number of hydrogen-bond acceptors (Lipinski definition) is 4. The minimum absolute atomic E-state index is 0.0767. The van der Waals surface area contributed by atoms with Gasteiger partial charge >= 0.3 is 0 Å². The SMILES string of the molecule is CC(C)(C)c1csc(N/N=C\C=C\c2ccccc2)n1. The third kappa shape index (κ3) is 4.31. The molecule has 0 unspecified atom stereocenters. The summed E-state index contributed by atoms with van der Waals surface area (Å²) in [7, 11) is 0. The topological polar surface area (TPSA) is 37.3 Å². The van der Waals surface area contributed by atoms with Crippen LogP contribution in [-0.2, 0) is 5.41 Å². The van der Waals surface area contributed by atoms with E-state index in [9.17, 15) is 0 Å². The number of anilines is 1. The number of nitrogens with zero attached hydrogens (tertiary/aromatic N) is 2. The molecule has 2 rings (SSSR count). The van der Waals surface area contributed by atoms with Gasteiger partial charge in [0.2, 0.25) is 5.13 Å². The van der Waals surface area contributed by atoms with Crippen molar-refractivity contribution in [3.63, 3.8) is 0 Å². The highest BCUT2D eigenvalue weighted by atomic mass is 32.1. The summed E-state index contributed by atoms with van der Waals surface area (Å²) < 4.78 is 0. The number of aromatic nitrogens is 1. The Balaban J connectivity index is 1.88. The fourth-order valence-corrected chi connectivity index (χ4v) is 2.41. The minimum Gasteiger partial charge on any atom is -0.253 e. The lowest BCUT2D eigenvalue weighted by molar-refractivity contribution is 0.573. The zero-order valence-electron chi connectivity index (χ0n) is 12.0. The van der Waals surface area contributed by atoms with E-state index >= 15 is 0 Å². The molecule has 20 heavy (non-hydrogen) atoms. The van der Waals surface area contributed by atoms with Crippen molar-refractivity contribution in [1.29, 1.82) is 0 Å². The maximum atomic E-state index is 4.51. The van der Waals surface area contributed by atoms with Crippen LogP contribution in [0.25, 0.3) is 6.08 Å². The van der Waals surface area contributed by atoms with E-state index in [1.165, 1.54) is 0 Å². The molecule has 1 heterocycles. The second-order valence-electron chi connectivity index (χ2n) is 5.45. The van der Waals surface area contributed by atoms with Crippen molar-refractivity contribution < 1.29 is 0 Å². The number of nitrogens with one attached hydrogen (secondary N) is 1. The van der Waals surface area contributed by atoms with Crippen LogP contribution in [0, 0.1) is 0 Å². The minimum atomic E-state index is 0.0767. The number of allylic oxidation sites excluding steroid dienone is 1. The van der Waals surface area contributed by atoms with Crippen molar-refractivity contribution in [2.75, 3.05) is 5.43 Å². The average molecular weight is 285 g/mol. The second-order valence-corrected chi connectivity index (χ2v) is 6.31. The Bertz CT molecular complexity index is 592. The van der Waals surface area contributed by atoms with Crippen LogP contribution in [0.5, 0.6) is 0 Å². The Labute approximate surface area is 124 Å². The fourth-order valence-electron chi connectivity index (χ4n) is 1.52. The Hall–Kier alpha value is -1.94. The molecule has 0 bridgehead atoms. The highest BCUT2D eigenvalue weighted by molar-refractivity contribution is 7.13. The normalized spacial score (nSPS) is 12.3. The molecule has 0 aliphatic rings. The monoisotopic (exact) mass is 285 g/mol. The third-order valence-electron chi connectivity index (χ3n) is 2.68. The van der Waals surface area contributed by atoms with Crippen molar-refractivity contribution in [1.82, 2.24) is 4.98 Å². The predicted octanol–water partition coefficient (Wildman–Crippen LogP) is 4.55. The van der Waals surface area contributed by atoms with Gasteiger partial charge in [-0.3, -0.25) is 5.43 Å². The molecule has 0 saturated heterocycles. The molecule has 0 aliphatic heterocycles. The molecule has 1 N–H and O–H groups in total. The van der Waals surface area contributed by atoms with Gasteiger partial charge in [0.05, 0.1) is 5.69 Å². The molecule has 0 spiro atoms. The lowest BCUT2D eigenvalue weighted by atomic mass is 9.93. The summed E-state index contributed by atoms with van der Waals surface area (Å²) in [4.78, 5) is 4.51. The Morgan fingerprint density at radius 2 is 1.95 bits per heavy atom. The number of hydrogen-bond donors (Lipinski definition) is 1. The van der Waals surface area contributed by atoms with E-state index in [0.29, 0.717) is 0 Å². The smallest absolute Gasteiger partial charge is 0.203 e. The molecule has 2 aromatic rings. The largest absolute Gasteiger partial charge is 0.253 e. The second kappa shape index (κ2) is 6.48. The van der Waals surface area contributed by atoms with E-state index in [-0.39, 0.29) is 5.41 Å². The first-order valence-electron chi connectivity index (χ1n) is 6.52. The molecule has 0 amide bonds. The molecular formula is C16H19N3S. The van der Waals surface area contributed by atoms with Crippen LogP contribution < -0.4 is 5.43 Å². The molecule has 0 atom stereocenters. The van der Waals surface area contributed by atoms with Crippen molar-refractivity contribution in [3.05, 3.63) is 53.0 Å². The van der Waals surface area contributed by atoms with E-state index in [1.54, 1.807) is 17.6 Å². The summed E-state index contributed by atoms with van der Waals surface area (Å²) in [5, 5.41) is 7.02. The summed E-state index contributed by atoms with van der Waals surface area (Å²) in [6.07, 6.45) is 5.64. The maximum Gasteiger partial charge on any atom is 0.203 e. The molecule has 3 nitrogen and oxygen atoms in total. The van der Waals surface area contributed by atoms with Crippen LogP contribution in [0.2, 0.25) is 0 Å². The van der Waals surface area contributed by atoms with E-state index < -0.39 is 0 Å².